The van der Waals surface area contributed by atoms with Gasteiger partial charge in [-0.1, -0.05) is 17.7 Å². The van der Waals surface area contributed by atoms with Crippen LogP contribution < -0.4 is 4.83 Å². The van der Waals surface area contributed by atoms with Gasteiger partial charge in [0.05, 0.1) is 11.1 Å². The molecule has 0 aromatic heterocycles. The maximum atomic E-state index is 11.9. The molecule has 0 saturated heterocycles. The van der Waals surface area contributed by atoms with Gasteiger partial charge < -0.3 is 10.2 Å². The van der Waals surface area contributed by atoms with E-state index in [9.17, 15) is 13.5 Å². The van der Waals surface area contributed by atoms with E-state index in [1.807, 2.05) is 6.92 Å². The molecule has 7 heteroatoms. The Morgan fingerprint density at radius 2 is 1.76 bits per heavy atom. The van der Waals surface area contributed by atoms with Crippen LogP contribution in [-0.4, -0.2) is 24.8 Å². The van der Waals surface area contributed by atoms with E-state index in [2.05, 4.69) is 9.93 Å². The highest BCUT2D eigenvalue weighted by Gasteiger charge is 2.11. The van der Waals surface area contributed by atoms with E-state index in [-0.39, 0.29) is 22.0 Å². The minimum atomic E-state index is -3.75. The summed E-state index contributed by atoms with van der Waals surface area (Å²) in [6.45, 7) is 1.86. The molecule has 6 nitrogen and oxygen atoms in total. The molecule has 3 N–H and O–H groups in total. The normalized spacial score (nSPS) is 11.7. The van der Waals surface area contributed by atoms with Gasteiger partial charge in [-0.25, -0.2) is 4.83 Å². The van der Waals surface area contributed by atoms with E-state index in [1.54, 1.807) is 12.1 Å². The van der Waals surface area contributed by atoms with Crippen LogP contribution in [0.1, 0.15) is 11.1 Å². The van der Waals surface area contributed by atoms with Crippen LogP contribution in [-0.2, 0) is 10.0 Å². The molecule has 110 valence electrons. The van der Waals surface area contributed by atoms with E-state index in [1.165, 1.54) is 24.3 Å². The Bertz CT molecular complexity index is 768. The van der Waals surface area contributed by atoms with Crippen LogP contribution in [0.3, 0.4) is 0 Å². The first-order valence-corrected chi connectivity index (χ1v) is 7.50. The molecule has 0 fully saturated rings. The average Bonchev–Trinajstić information content (AvgIpc) is 2.41. The van der Waals surface area contributed by atoms with Crippen LogP contribution in [0.25, 0.3) is 0 Å². The van der Waals surface area contributed by atoms with Crippen LogP contribution in [0.2, 0.25) is 0 Å². The molecule has 21 heavy (non-hydrogen) atoms. The Morgan fingerprint density at radius 1 is 1.10 bits per heavy atom. The second kappa shape index (κ2) is 5.84. The quantitative estimate of drug-likeness (QED) is 0.591. The summed E-state index contributed by atoms with van der Waals surface area (Å²) in [5.41, 5.74) is 1.23. The summed E-state index contributed by atoms with van der Waals surface area (Å²) >= 11 is 0. The van der Waals surface area contributed by atoms with E-state index in [0.717, 1.165) is 17.8 Å². The van der Waals surface area contributed by atoms with Crippen molar-refractivity contribution in [2.24, 2.45) is 5.10 Å². The highest BCUT2D eigenvalue weighted by Crippen LogP contribution is 2.20. The predicted molar refractivity (Wildman–Crippen MR) is 78.9 cm³/mol. The highest BCUT2D eigenvalue weighted by atomic mass is 32.2. The maximum Gasteiger partial charge on any atom is 0.276 e. The third-order valence-corrected chi connectivity index (χ3v) is 3.96. The van der Waals surface area contributed by atoms with E-state index >= 15 is 0 Å². The molecule has 2 rings (SSSR count). The summed E-state index contributed by atoms with van der Waals surface area (Å²) in [5.74, 6) is -0.293. The summed E-state index contributed by atoms with van der Waals surface area (Å²) in [6.07, 6.45) is 1.15. The second-order valence-electron chi connectivity index (χ2n) is 4.41. The van der Waals surface area contributed by atoms with Gasteiger partial charge in [-0.05, 0) is 31.2 Å². The molecular weight excluding hydrogens is 292 g/mol. The smallest absolute Gasteiger partial charge is 0.276 e. The number of rotatable bonds is 4. The number of hydrogen-bond donors (Lipinski definition) is 3. The minimum absolute atomic E-state index is 0.0927. The van der Waals surface area contributed by atoms with Crippen molar-refractivity contribution in [3.8, 4) is 11.5 Å². The van der Waals surface area contributed by atoms with Crippen molar-refractivity contribution >= 4 is 16.2 Å². The summed E-state index contributed by atoms with van der Waals surface area (Å²) in [4.78, 5) is 2.15. The third kappa shape index (κ3) is 3.73. The van der Waals surface area contributed by atoms with Gasteiger partial charge in [-0.15, -0.1) is 0 Å². The fourth-order valence-corrected chi connectivity index (χ4v) is 2.37. The molecule has 0 aliphatic carbocycles. The zero-order valence-corrected chi connectivity index (χ0v) is 12.0. The molecule has 0 bridgehead atoms. The first-order chi connectivity index (χ1) is 9.88. The number of hydrogen-bond acceptors (Lipinski definition) is 5. The molecule has 2 aromatic carbocycles. The highest BCUT2D eigenvalue weighted by molar-refractivity contribution is 7.89. The van der Waals surface area contributed by atoms with Gasteiger partial charge in [0, 0.05) is 11.6 Å². The zero-order valence-electron chi connectivity index (χ0n) is 11.2. The summed E-state index contributed by atoms with van der Waals surface area (Å²) in [5, 5.41) is 22.3. The Labute approximate surface area is 122 Å². The van der Waals surface area contributed by atoms with Gasteiger partial charge in [-0.2, -0.15) is 13.5 Å². The molecule has 2 aromatic rings. The van der Waals surface area contributed by atoms with Crippen LogP contribution in [0, 0.1) is 6.92 Å². The van der Waals surface area contributed by atoms with Gasteiger partial charge in [0.2, 0.25) is 0 Å². The lowest BCUT2D eigenvalue weighted by molar-refractivity contribution is 0.450. The van der Waals surface area contributed by atoms with Crippen molar-refractivity contribution in [2.45, 2.75) is 11.8 Å². The Kier molecular flexibility index (Phi) is 4.13. The number of nitrogens with zero attached hydrogens (tertiary/aromatic N) is 1. The van der Waals surface area contributed by atoms with Crippen LogP contribution in [0.4, 0.5) is 0 Å². The molecule has 0 saturated carbocycles. The number of phenols is 2. The van der Waals surface area contributed by atoms with Gasteiger partial charge >= 0.3 is 0 Å². The summed E-state index contributed by atoms with van der Waals surface area (Å²) < 4.78 is 23.9. The first kappa shape index (κ1) is 14.9. The molecular formula is C14H14N2O4S. The Morgan fingerprint density at radius 3 is 2.38 bits per heavy atom. The molecule has 0 atom stereocenters. The van der Waals surface area contributed by atoms with Crippen molar-refractivity contribution in [3.63, 3.8) is 0 Å². The van der Waals surface area contributed by atoms with E-state index in [4.69, 9.17) is 5.11 Å². The number of aromatic hydroxyl groups is 2. The summed E-state index contributed by atoms with van der Waals surface area (Å²) in [7, 11) is -3.75. The standard InChI is InChI=1S/C14H14N2O4S/c1-10-2-6-13(7-3-10)21(19,20)16-15-9-11-4-5-12(17)8-14(11)18/h2-9,16-18H,1H3/b15-9-. The molecule has 0 unspecified atom stereocenters. The fraction of sp³-hybridized carbons (Fsp3) is 0.0714. The van der Waals surface area contributed by atoms with Crippen molar-refractivity contribution in [1.82, 2.24) is 4.83 Å². The largest absolute Gasteiger partial charge is 0.508 e. The summed E-state index contributed by atoms with van der Waals surface area (Å²) in [6, 6.07) is 10.2. The Balaban J connectivity index is 2.14. The first-order valence-electron chi connectivity index (χ1n) is 6.02. The SMILES string of the molecule is Cc1ccc(S(=O)(=O)N/N=C\c2ccc(O)cc2O)cc1. The molecule has 0 radical (unpaired) electrons. The average molecular weight is 306 g/mol. The van der Waals surface area contributed by atoms with Gasteiger partial charge in [-0.3, -0.25) is 0 Å². The molecule has 0 heterocycles. The van der Waals surface area contributed by atoms with Crippen LogP contribution in [0.5, 0.6) is 11.5 Å². The number of hydrazone groups is 1. The van der Waals surface area contributed by atoms with Crippen molar-refractivity contribution in [3.05, 3.63) is 53.6 Å². The van der Waals surface area contributed by atoms with Gasteiger partial charge in [0.15, 0.2) is 0 Å². The van der Waals surface area contributed by atoms with Crippen LogP contribution >= 0.6 is 0 Å². The minimum Gasteiger partial charge on any atom is -0.508 e. The number of sulfonamides is 1. The van der Waals surface area contributed by atoms with E-state index in [0.29, 0.717) is 0 Å². The van der Waals surface area contributed by atoms with Crippen molar-refractivity contribution < 1.29 is 18.6 Å². The van der Waals surface area contributed by atoms with Gasteiger partial charge in [0.1, 0.15) is 11.5 Å². The van der Waals surface area contributed by atoms with E-state index < -0.39 is 10.0 Å². The maximum absolute atomic E-state index is 11.9. The topological polar surface area (TPSA) is 99.0 Å². The lowest BCUT2D eigenvalue weighted by Crippen LogP contribution is -2.18. The molecule has 0 aliphatic rings. The van der Waals surface area contributed by atoms with Crippen molar-refractivity contribution in [2.75, 3.05) is 0 Å². The molecule has 0 amide bonds. The zero-order chi connectivity index (χ0) is 15.5. The molecule has 0 spiro atoms. The Hall–Kier alpha value is -2.54. The fourth-order valence-electron chi connectivity index (χ4n) is 1.58. The number of aryl methyl sites for hydroxylation is 1. The predicted octanol–water partition coefficient (Wildman–Crippen LogP) is 1.72. The number of phenolic OH excluding ortho intramolecular Hbond substituents is 2. The number of benzene rings is 2. The van der Waals surface area contributed by atoms with Gasteiger partial charge in [0.25, 0.3) is 10.0 Å². The lowest BCUT2D eigenvalue weighted by atomic mass is 10.2. The number of nitrogens with one attached hydrogen (secondary N) is 1. The third-order valence-electron chi connectivity index (χ3n) is 2.72. The van der Waals surface area contributed by atoms with Crippen molar-refractivity contribution in [1.29, 1.82) is 0 Å². The van der Waals surface area contributed by atoms with Crippen LogP contribution in [0.15, 0.2) is 52.5 Å². The second-order valence-corrected chi connectivity index (χ2v) is 6.07. The molecule has 0 aliphatic heterocycles. The monoisotopic (exact) mass is 306 g/mol. The lowest BCUT2D eigenvalue weighted by Gasteiger charge is -2.04.